The first kappa shape index (κ1) is 18.6. The Hall–Kier alpha value is -3.15. The zero-order valence-electron chi connectivity index (χ0n) is 15.4. The Bertz CT molecular complexity index is 873. The molecule has 0 saturated carbocycles. The number of aliphatic imine (C=N–C) groups is 1. The standard InChI is InChI=1S/C21H24FN5/c1-23-21(25-12-11-18-9-5-6-10-19(18)22)26-15-20-24-13-14-27(20)16-17-7-3-2-4-8-17/h2-10,13-14H,11-12,15-16H2,1H3,(H2,23,25,26). The highest BCUT2D eigenvalue weighted by Crippen LogP contribution is 2.07. The van der Waals surface area contributed by atoms with Crippen molar-refractivity contribution in [1.82, 2.24) is 20.2 Å². The fraction of sp³-hybridized carbons (Fsp3) is 0.238. The van der Waals surface area contributed by atoms with Gasteiger partial charge >= 0.3 is 0 Å². The SMILES string of the molecule is CN=C(NCCc1ccccc1F)NCc1nccn1Cc1ccccc1. The van der Waals surface area contributed by atoms with E-state index in [4.69, 9.17) is 0 Å². The molecule has 0 unspecified atom stereocenters. The van der Waals surface area contributed by atoms with E-state index < -0.39 is 0 Å². The number of hydrogen-bond acceptors (Lipinski definition) is 2. The minimum Gasteiger partial charge on any atom is -0.356 e. The predicted octanol–water partition coefficient (Wildman–Crippen LogP) is 2.98. The van der Waals surface area contributed by atoms with Crippen molar-refractivity contribution in [3.63, 3.8) is 0 Å². The van der Waals surface area contributed by atoms with Gasteiger partial charge in [-0.05, 0) is 23.6 Å². The molecular formula is C21H24FN5. The van der Waals surface area contributed by atoms with Gasteiger partial charge < -0.3 is 15.2 Å². The Morgan fingerprint density at radius 3 is 2.63 bits per heavy atom. The summed E-state index contributed by atoms with van der Waals surface area (Å²) in [4.78, 5) is 8.64. The molecule has 3 aromatic rings. The Morgan fingerprint density at radius 2 is 1.85 bits per heavy atom. The number of halogens is 1. The summed E-state index contributed by atoms with van der Waals surface area (Å²) in [6, 6.07) is 17.1. The summed E-state index contributed by atoms with van der Waals surface area (Å²) in [6.45, 7) is 1.93. The fourth-order valence-electron chi connectivity index (χ4n) is 2.83. The van der Waals surface area contributed by atoms with Crippen LogP contribution in [-0.4, -0.2) is 29.1 Å². The molecule has 27 heavy (non-hydrogen) atoms. The van der Waals surface area contributed by atoms with E-state index in [9.17, 15) is 4.39 Å². The van der Waals surface area contributed by atoms with E-state index in [1.807, 2.05) is 30.5 Å². The van der Waals surface area contributed by atoms with Crippen LogP contribution in [0.15, 0.2) is 72.0 Å². The van der Waals surface area contributed by atoms with Crippen LogP contribution >= 0.6 is 0 Å². The number of nitrogens with zero attached hydrogens (tertiary/aromatic N) is 3. The minimum atomic E-state index is -0.176. The summed E-state index contributed by atoms with van der Waals surface area (Å²) in [5.74, 6) is 1.42. The first-order valence-corrected chi connectivity index (χ1v) is 8.98. The molecule has 3 rings (SSSR count). The van der Waals surface area contributed by atoms with Crippen molar-refractivity contribution >= 4 is 5.96 Å². The quantitative estimate of drug-likeness (QED) is 0.500. The van der Waals surface area contributed by atoms with Crippen molar-refractivity contribution in [3.8, 4) is 0 Å². The Labute approximate surface area is 159 Å². The third kappa shape index (κ3) is 5.41. The largest absolute Gasteiger partial charge is 0.356 e. The average molecular weight is 365 g/mol. The zero-order chi connectivity index (χ0) is 18.9. The smallest absolute Gasteiger partial charge is 0.191 e. The van der Waals surface area contributed by atoms with E-state index >= 15 is 0 Å². The predicted molar refractivity (Wildman–Crippen MR) is 106 cm³/mol. The first-order chi connectivity index (χ1) is 13.3. The minimum absolute atomic E-state index is 0.176. The van der Waals surface area contributed by atoms with Crippen LogP contribution in [0.25, 0.3) is 0 Å². The van der Waals surface area contributed by atoms with E-state index in [0.717, 1.165) is 12.4 Å². The van der Waals surface area contributed by atoms with E-state index in [-0.39, 0.29) is 5.82 Å². The van der Waals surface area contributed by atoms with Crippen LogP contribution in [-0.2, 0) is 19.5 Å². The van der Waals surface area contributed by atoms with Gasteiger partial charge in [-0.25, -0.2) is 9.37 Å². The van der Waals surface area contributed by atoms with Crippen molar-refractivity contribution in [2.75, 3.05) is 13.6 Å². The maximum Gasteiger partial charge on any atom is 0.191 e. The number of guanidine groups is 1. The molecule has 0 spiro atoms. The van der Waals surface area contributed by atoms with Crippen LogP contribution in [0.4, 0.5) is 4.39 Å². The van der Waals surface area contributed by atoms with Crippen LogP contribution in [0.5, 0.6) is 0 Å². The lowest BCUT2D eigenvalue weighted by Gasteiger charge is -2.13. The number of nitrogens with one attached hydrogen (secondary N) is 2. The van der Waals surface area contributed by atoms with Gasteiger partial charge in [0.2, 0.25) is 0 Å². The van der Waals surface area contributed by atoms with Gasteiger partial charge in [0.15, 0.2) is 5.96 Å². The van der Waals surface area contributed by atoms with Crippen LogP contribution < -0.4 is 10.6 Å². The van der Waals surface area contributed by atoms with Crippen LogP contribution in [0, 0.1) is 5.82 Å². The van der Waals surface area contributed by atoms with Crippen LogP contribution in [0.3, 0.4) is 0 Å². The third-order valence-corrected chi connectivity index (χ3v) is 4.28. The van der Waals surface area contributed by atoms with Crippen LogP contribution in [0.2, 0.25) is 0 Å². The normalized spacial score (nSPS) is 11.4. The Kier molecular flexibility index (Phi) is 6.57. The molecule has 0 saturated heterocycles. The van der Waals surface area contributed by atoms with Crippen molar-refractivity contribution < 1.29 is 4.39 Å². The van der Waals surface area contributed by atoms with Gasteiger partial charge in [-0.15, -0.1) is 0 Å². The average Bonchev–Trinajstić information content (AvgIpc) is 3.13. The van der Waals surface area contributed by atoms with E-state index in [1.54, 1.807) is 25.4 Å². The number of imidazole rings is 1. The summed E-state index contributed by atoms with van der Waals surface area (Å²) in [5, 5.41) is 6.47. The summed E-state index contributed by atoms with van der Waals surface area (Å²) in [5.41, 5.74) is 1.92. The Morgan fingerprint density at radius 1 is 1.07 bits per heavy atom. The van der Waals surface area contributed by atoms with Crippen LogP contribution in [0.1, 0.15) is 17.0 Å². The summed E-state index contributed by atoms with van der Waals surface area (Å²) < 4.78 is 15.8. The highest BCUT2D eigenvalue weighted by molar-refractivity contribution is 5.79. The van der Waals surface area contributed by atoms with Crippen molar-refractivity contribution in [3.05, 3.63) is 89.8 Å². The molecule has 6 heteroatoms. The number of rotatable bonds is 7. The number of hydrogen-bond donors (Lipinski definition) is 2. The maximum atomic E-state index is 13.7. The molecule has 1 aromatic heterocycles. The molecule has 0 amide bonds. The summed E-state index contributed by atoms with van der Waals surface area (Å²) in [7, 11) is 1.72. The van der Waals surface area contributed by atoms with E-state index in [2.05, 4.69) is 37.3 Å². The molecule has 2 N–H and O–H groups in total. The number of benzene rings is 2. The maximum absolute atomic E-state index is 13.7. The second kappa shape index (κ2) is 9.52. The molecule has 0 aliphatic heterocycles. The molecule has 2 aromatic carbocycles. The highest BCUT2D eigenvalue weighted by Gasteiger charge is 2.06. The van der Waals surface area contributed by atoms with Gasteiger partial charge in [-0.1, -0.05) is 48.5 Å². The molecule has 5 nitrogen and oxygen atoms in total. The lowest BCUT2D eigenvalue weighted by Crippen LogP contribution is -2.38. The molecule has 0 fully saturated rings. The highest BCUT2D eigenvalue weighted by atomic mass is 19.1. The van der Waals surface area contributed by atoms with Gasteiger partial charge in [0.05, 0.1) is 6.54 Å². The van der Waals surface area contributed by atoms with E-state index in [0.29, 0.717) is 31.0 Å². The van der Waals surface area contributed by atoms with Gasteiger partial charge in [-0.3, -0.25) is 4.99 Å². The van der Waals surface area contributed by atoms with Gasteiger partial charge in [0, 0.05) is 32.5 Å². The monoisotopic (exact) mass is 365 g/mol. The molecule has 1 heterocycles. The van der Waals surface area contributed by atoms with Gasteiger partial charge in [-0.2, -0.15) is 0 Å². The second-order valence-electron chi connectivity index (χ2n) is 6.15. The molecule has 0 aliphatic carbocycles. The first-order valence-electron chi connectivity index (χ1n) is 8.98. The topological polar surface area (TPSA) is 54.2 Å². The summed E-state index contributed by atoms with van der Waals surface area (Å²) >= 11 is 0. The fourth-order valence-corrected chi connectivity index (χ4v) is 2.83. The molecule has 0 aliphatic rings. The zero-order valence-corrected chi connectivity index (χ0v) is 15.4. The molecule has 0 radical (unpaired) electrons. The van der Waals surface area contributed by atoms with Gasteiger partial charge in [0.1, 0.15) is 11.6 Å². The van der Waals surface area contributed by atoms with Crippen molar-refractivity contribution in [1.29, 1.82) is 0 Å². The van der Waals surface area contributed by atoms with Crippen molar-refractivity contribution in [2.45, 2.75) is 19.5 Å². The van der Waals surface area contributed by atoms with Gasteiger partial charge in [0.25, 0.3) is 0 Å². The molecule has 0 atom stereocenters. The lowest BCUT2D eigenvalue weighted by molar-refractivity contribution is 0.606. The second-order valence-corrected chi connectivity index (χ2v) is 6.15. The Balaban J connectivity index is 1.50. The molecule has 0 bridgehead atoms. The van der Waals surface area contributed by atoms with E-state index in [1.165, 1.54) is 11.6 Å². The molecular weight excluding hydrogens is 341 g/mol. The lowest BCUT2D eigenvalue weighted by atomic mass is 10.1. The third-order valence-electron chi connectivity index (χ3n) is 4.28. The molecule has 140 valence electrons. The number of aromatic nitrogens is 2. The summed E-state index contributed by atoms with van der Waals surface area (Å²) in [6.07, 6.45) is 4.36. The van der Waals surface area contributed by atoms with Crippen molar-refractivity contribution in [2.24, 2.45) is 4.99 Å².